The molecule has 1 unspecified atom stereocenters. The zero-order valence-electron chi connectivity index (χ0n) is 14.7. The minimum atomic E-state index is -0.0397. The van der Waals surface area contributed by atoms with Gasteiger partial charge < -0.3 is 4.98 Å². The van der Waals surface area contributed by atoms with Gasteiger partial charge in [-0.2, -0.15) is 0 Å². The first-order chi connectivity index (χ1) is 12.8. The van der Waals surface area contributed by atoms with Crippen molar-refractivity contribution in [3.8, 4) is 0 Å². The normalized spacial score (nSPS) is 20.5. The minimum Gasteiger partial charge on any atom is -0.309 e. The Morgan fingerprint density at radius 2 is 2.04 bits per heavy atom. The largest absolute Gasteiger partial charge is 0.309 e. The van der Waals surface area contributed by atoms with Crippen molar-refractivity contribution in [2.24, 2.45) is 0 Å². The summed E-state index contributed by atoms with van der Waals surface area (Å²) in [5, 5.41) is 1.88. The molecule has 1 atom stereocenters. The van der Waals surface area contributed by atoms with Crippen molar-refractivity contribution in [3.63, 3.8) is 0 Å². The number of H-pyrrole nitrogens is 1. The van der Waals surface area contributed by atoms with Crippen molar-refractivity contribution < 1.29 is 0 Å². The molecule has 0 radical (unpaired) electrons. The molecule has 134 valence electrons. The first-order valence-electron chi connectivity index (χ1n) is 9.48. The summed E-state index contributed by atoms with van der Waals surface area (Å²) in [6.07, 6.45) is 7.05. The van der Waals surface area contributed by atoms with Gasteiger partial charge in [-0.15, -0.1) is 11.3 Å². The van der Waals surface area contributed by atoms with Crippen LogP contribution in [0.25, 0.3) is 10.9 Å². The van der Waals surface area contributed by atoms with Crippen LogP contribution in [0.15, 0.2) is 29.1 Å². The molecule has 1 saturated heterocycles. The summed E-state index contributed by atoms with van der Waals surface area (Å²) in [5.41, 5.74) is 2.06. The van der Waals surface area contributed by atoms with Gasteiger partial charge in [0.15, 0.2) is 0 Å². The Hall–Kier alpha value is -2.05. The number of hydrogen-bond acceptors (Lipinski definition) is 5. The molecule has 3 aromatic rings. The summed E-state index contributed by atoms with van der Waals surface area (Å²) in [4.78, 5) is 29.0. The van der Waals surface area contributed by atoms with E-state index in [2.05, 4.69) is 9.88 Å². The van der Waals surface area contributed by atoms with Gasteiger partial charge in [0.1, 0.15) is 10.8 Å². The number of benzene rings is 1. The molecule has 2 aromatic heterocycles. The van der Waals surface area contributed by atoms with E-state index in [0.29, 0.717) is 5.39 Å². The predicted molar refractivity (Wildman–Crippen MR) is 104 cm³/mol. The van der Waals surface area contributed by atoms with Crippen molar-refractivity contribution in [2.45, 2.75) is 51.1 Å². The second-order valence-corrected chi connectivity index (χ2v) is 8.45. The highest BCUT2D eigenvalue weighted by Crippen LogP contribution is 2.33. The highest BCUT2D eigenvalue weighted by atomic mass is 32.1. The number of para-hydroxylation sites is 1. The van der Waals surface area contributed by atoms with Crippen LogP contribution in [0.4, 0.5) is 0 Å². The second kappa shape index (κ2) is 6.59. The SMILES string of the molecule is O=c1[nH]c(C2CCCN2Cc2nc3c(s2)CCCC3)nc2ccccc12. The second-order valence-electron chi connectivity index (χ2n) is 7.28. The molecule has 1 aromatic carbocycles. The van der Waals surface area contributed by atoms with E-state index in [1.54, 1.807) is 0 Å². The van der Waals surface area contributed by atoms with Crippen LogP contribution in [0.2, 0.25) is 0 Å². The molecule has 1 aliphatic carbocycles. The standard InChI is InChI=1S/C20H22N4OS/c25-20-13-6-1-2-7-14(13)22-19(23-20)16-9-5-11-24(16)12-18-21-15-8-3-4-10-17(15)26-18/h1-2,6-7,16H,3-5,8-12H2,(H,22,23,25). The molecule has 0 amide bonds. The fourth-order valence-corrected chi connectivity index (χ4v) is 5.42. The third kappa shape index (κ3) is 2.87. The van der Waals surface area contributed by atoms with E-state index in [0.717, 1.165) is 43.7 Å². The Balaban J connectivity index is 1.44. The number of thiazole rings is 1. The first kappa shape index (κ1) is 16.1. The molecule has 0 bridgehead atoms. The van der Waals surface area contributed by atoms with Crippen LogP contribution in [0.1, 0.15) is 53.1 Å². The minimum absolute atomic E-state index is 0.0397. The maximum Gasteiger partial charge on any atom is 0.258 e. The Bertz CT molecular complexity index is 985. The highest BCUT2D eigenvalue weighted by Gasteiger charge is 2.29. The zero-order chi connectivity index (χ0) is 17.5. The van der Waals surface area contributed by atoms with Crippen LogP contribution >= 0.6 is 11.3 Å². The first-order valence-corrected chi connectivity index (χ1v) is 10.3. The lowest BCUT2D eigenvalue weighted by Crippen LogP contribution is -2.26. The van der Waals surface area contributed by atoms with Gasteiger partial charge in [0.25, 0.3) is 5.56 Å². The molecule has 6 heteroatoms. The Morgan fingerprint density at radius 1 is 1.15 bits per heavy atom. The Morgan fingerprint density at radius 3 is 2.96 bits per heavy atom. The smallest absolute Gasteiger partial charge is 0.258 e. The molecule has 5 nitrogen and oxygen atoms in total. The molecule has 0 saturated carbocycles. The van der Waals surface area contributed by atoms with E-state index in [-0.39, 0.29) is 11.6 Å². The third-order valence-electron chi connectivity index (χ3n) is 5.54. The van der Waals surface area contributed by atoms with Crippen LogP contribution in [-0.2, 0) is 19.4 Å². The average Bonchev–Trinajstić information content (AvgIpc) is 3.28. The van der Waals surface area contributed by atoms with Crippen LogP contribution < -0.4 is 5.56 Å². The van der Waals surface area contributed by atoms with E-state index in [4.69, 9.17) is 9.97 Å². The molecule has 2 aliphatic rings. The quantitative estimate of drug-likeness (QED) is 0.769. The van der Waals surface area contributed by atoms with E-state index >= 15 is 0 Å². The number of hydrogen-bond donors (Lipinski definition) is 1. The maximum absolute atomic E-state index is 12.4. The van der Waals surface area contributed by atoms with Crippen molar-refractivity contribution in [1.29, 1.82) is 0 Å². The van der Waals surface area contributed by atoms with Gasteiger partial charge >= 0.3 is 0 Å². The number of nitrogens with one attached hydrogen (secondary N) is 1. The number of nitrogens with zero attached hydrogens (tertiary/aromatic N) is 3. The molecular weight excluding hydrogens is 344 g/mol. The van der Waals surface area contributed by atoms with Crippen LogP contribution in [0.5, 0.6) is 0 Å². The van der Waals surface area contributed by atoms with Gasteiger partial charge in [0.05, 0.1) is 29.2 Å². The van der Waals surface area contributed by atoms with Gasteiger partial charge in [-0.1, -0.05) is 12.1 Å². The zero-order valence-corrected chi connectivity index (χ0v) is 15.5. The molecular formula is C20H22N4OS. The van der Waals surface area contributed by atoms with Crippen LogP contribution in [-0.4, -0.2) is 26.4 Å². The number of likely N-dealkylation sites (tertiary alicyclic amines) is 1. The van der Waals surface area contributed by atoms with Crippen LogP contribution in [0, 0.1) is 0 Å². The van der Waals surface area contributed by atoms with Crippen molar-refractivity contribution in [3.05, 3.63) is 56.0 Å². The van der Waals surface area contributed by atoms with Crippen molar-refractivity contribution in [1.82, 2.24) is 19.9 Å². The fourth-order valence-electron chi connectivity index (χ4n) is 4.23. The number of aromatic amines is 1. The summed E-state index contributed by atoms with van der Waals surface area (Å²) >= 11 is 1.88. The average molecular weight is 366 g/mol. The molecule has 1 N–H and O–H groups in total. The van der Waals surface area contributed by atoms with E-state index in [1.807, 2.05) is 35.6 Å². The summed E-state index contributed by atoms with van der Waals surface area (Å²) in [7, 11) is 0. The van der Waals surface area contributed by atoms with E-state index < -0.39 is 0 Å². The lowest BCUT2D eigenvalue weighted by molar-refractivity contribution is 0.239. The molecule has 26 heavy (non-hydrogen) atoms. The third-order valence-corrected chi connectivity index (χ3v) is 6.68. The van der Waals surface area contributed by atoms with E-state index in [9.17, 15) is 4.79 Å². The maximum atomic E-state index is 12.4. The van der Waals surface area contributed by atoms with Gasteiger partial charge in [-0.05, 0) is 57.2 Å². The molecule has 0 spiro atoms. The van der Waals surface area contributed by atoms with Crippen molar-refractivity contribution >= 4 is 22.2 Å². The Labute approximate surface area is 156 Å². The lowest BCUT2D eigenvalue weighted by atomic mass is 10.0. The lowest BCUT2D eigenvalue weighted by Gasteiger charge is -2.22. The topological polar surface area (TPSA) is 61.9 Å². The number of fused-ring (bicyclic) bond motifs is 2. The van der Waals surface area contributed by atoms with Gasteiger partial charge in [-0.3, -0.25) is 9.69 Å². The highest BCUT2D eigenvalue weighted by molar-refractivity contribution is 7.11. The Kier molecular flexibility index (Phi) is 4.10. The summed E-state index contributed by atoms with van der Waals surface area (Å²) in [6.45, 7) is 1.89. The monoisotopic (exact) mass is 366 g/mol. The van der Waals surface area contributed by atoms with E-state index in [1.165, 1.54) is 34.8 Å². The molecule has 3 heterocycles. The summed E-state index contributed by atoms with van der Waals surface area (Å²) in [5.74, 6) is 0.799. The molecule has 1 fully saturated rings. The van der Waals surface area contributed by atoms with Gasteiger partial charge in [-0.25, -0.2) is 9.97 Å². The van der Waals surface area contributed by atoms with Crippen molar-refractivity contribution in [2.75, 3.05) is 6.54 Å². The fraction of sp³-hybridized carbons (Fsp3) is 0.450. The molecule has 5 rings (SSSR count). The summed E-state index contributed by atoms with van der Waals surface area (Å²) in [6, 6.07) is 7.74. The number of aryl methyl sites for hydroxylation is 2. The van der Waals surface area contributed by atoms with Gasteiger partial charge in [0.2, 0.25) is 0 Å². The van der Waals surface area contributed by atoms with Gasteiger partial charge in [0, 0.05) is 4.88 Å². The number of aromatic nitrogens is 3. The number of rotatable bonds is 3. The molecule has 1 aliphatic heterocycles. The summed E-state index contributed by atoms with van der Waals surface area (Å²) < 4.78 is 0. The van der Waals surface area contributed by atoms with Crippen LogP contribution in [0.3, 0.4) is 0 Å². The predicted octanol–water partition coefficient (Wildman–Crippen LogP) is 3.60.